The van der Waals surface area contributed by atoms with Gasteiger partial charge in [0, 0.05) is 19.8 Å². The molecule has 148 valence electrons. The molecule has 9 heteroatoms. The van der Waals surface area contributed by atoms with Crippen LogP contribution < -0.4 is 21.1 Å². The third kappa shape index (κ3) is 3.19. The monoisotopic (exact) mass is 410 g/mol. The number of aromatic nitrogens is 4. The molecule has 0 bridgehead atoms. The van der Waals surface area contributed by atoms with Crippen LogP contribution in [0.3, 0.4) is 0 Å². The largest absolute Gasteiger partial charge is 0.333 e. The Labute approximate surface area is 169 Å². The quantitative estimate of drug-likeness (QED) is 0.502. The molecule has 2 N–H and O–H groups in total. The molecule has 3 aromatic heterocycles. The molecule has 3 heterocycles. The number of hydrogen-bond acceptors (Lipinski definition) is 4. The Morgan fingerprint density at radius 1 is 1.10 bits per heavy atom. The van der Waals surface area contributed by atoms with Gasteiger partial charge < -0.3 is 5.32 Å². The van der Waals surface area contributed by atoms with Gasteiger partial charge in [-0.25, -0.2) is 14.3 Å². The van der Waals surface area contributed by atoms with Crippen molar-refractivity contribution in [3.8, 4) is 11.1 Å². The minimum Gasteiger partial charge on any atom is -0.322 e. The van der Waals surface area contributed by atoms with Crippen LogP contribution in [0, 0.1) is 0 Å². The van der Waals surface area contributed by atoms with E-state index in [-0.39, 0.29) is 11.4 Å². The molecule has 0 spiro atoms. The van der Waals surface area contributed by atoms with Crippen LogP contribution in [0.5, 0.6) is 0 Å². The number of imidazole rings is 1. The van der Waals surface area contributed by atoms with Crippen LogP contribution in [0.1, 0.15) is 13.0 Å². The summed E-state index contributed by atoms with van der Waals surface area (Å²) in [7, 11) is 2.99. The molecule has 1 atom stereocenters. The van der Waals surface area contributed by atoms with Gasteiger partial charge in [0.2, 0.25) is 6.33 Å². The van der Waals surface area contributed by atoms with E-state index in [1.54, 1.807) is 29.9 Å². The summed E-state index contributed by atoms with van der Waals surface area (Å²) in [6, 6.07) is 8.98. The number of benzene rings is 1. The number of carbonyl (C=O) groups is 1. The number of nitrogens with zero attached hydrogens (tertiary/aromatic N) is 3. The number of rotatable bonds is 4. The third-order valence-corrected chi connectivity index (χ3v) is 5.73. The van der Waals surface area contributed by atoms with E-state index in [2.05, 4.69) is 15.7 Å². The van der Waals surface area contributed by atoms with E-state index in [1.165, 1.54) is 17.9 Å². The first kappa shape index (κ1) is 18.9. The Bertz CT molecular complexity index is 1310. The van der Waals surface area contributed by atoms with E-state index in [1.807, 2.05) is 35.7 Å². The van der Waals surface area contributed by atoms with Crippen LogP contribution in [0.2, 0.25) is 0 Å². The number of amides is 1. The average Bonchev–Trinajstić information content (AvgIpc) is 3.41. The predicted octanol–water partition coefficient (Wildman–Crippen LogP) is 1.78. The molecule has 8 nitrogen and oxygen atoms in total. The van der Waals surface area contributed by atoms with Crippen LogP contribution in [-0.2, 0) is 18.9 Å². The van der Waals surface area contributed by atoms with Gasteiger partial charge in [0.05, 0.1) is 0 Å². The SMILES string of the molecule is CC(C(=O)Nc1ccc(-c2ccsc2)cc1)[n+]1c[nH]c2c1c(=O)n(C)c(=O)n2C. The zero-order chi connectivity index (χ0) is 20.7. The molecule has 0 saturated heterocycles. The molecule has 0 fully saturated rings. The normalized spacial score (nSPS) is 12.2. The molecular formula is C20H20N5O3S+. The van der Waals surface area contributed by atoms with Crippen LogP contribution >= 0.6 is 11.3 Å². The van der Waals surface area contributed by atoms with Crippen molar-refractivity contribution in [3.05, 3.63) is 68.3 Å². The fourth-order valence-electron chi connectivity index (χ4n) is 3.27. The highest BCUT2D eigenvalue weighted by molar-refractivity contribution is 7.08. The highest BCUT2D eigenvalue weighted by Crippen LogP contribution is 2.23. The van der Waals surface area contributed by atoms with Crippen LogP contribution in [0.15, 0.2) is 57.0 Å². The second-order valence-corrected chi connectivity index (χ2v) is 7.62. The molecule has 29 heavy (non-hydrogen) atoms. The number of fused-ring (bicyclic) bond motifs is 1. The molecule has 0 radical (unpaired) electrons. The topological polar surface area (TPSA) is 92.8 Å². The van der Waals surface area contributed by atoms with Crippen molar-refractivity contribution in [3.63, 3.8) is 0 Å². The molecule has 0 aliphatic rings. The number of aromatic amines is 1. The van der Waals surface area contributed by atoms with Gasteiger partial charge in [-0.1, -0.05) is 12.1 Å². The Morgan fingerprint density at radius 3 is 2.48 bits per heavy atom. The maximum absolute atomic E-state index is 12.8. The Hall–Kier alpha value is -3.46. The molecule has 4 aromatic rings. The second-order valence-electron chi connectivity index (χ2n) is 6.84. The molecule has 1 aromatic carbocycles. The van der Waals surface area contributed by atoms with Crippen molar-refractivity contribution in [1.82, 2.24) is 14.1 Å². The summed E-state index contributed by atoms with van der Waals surface area (Å²) in [6.45, 7) is 1.70. The predicted molar refractivity (Wildman–Crippen MR) is 112 cm³/mol. The van der Waals surface area contributed by atoms with Crippen molar-refractivity contribution < 1.29 is 9.36 Å². The fourth-order valence-corrected chi connectivity index (χ4v) is 3.94. The highest BCUT2D eigenvalue weighted by Gasteiger charge is 2.27. The van der Waals surface area contributed by atoms with E-state index >= 15 is 0 Å². The summed E-state index contributed by atoms with van der Waals surface area (Å²) in [6.07, 6.45) is 1.54. The van der Waals surface area contributed by atoms with Crippen molar-refractivity contribution in [2.24, 2.45) is 14.1 Å². The zero-order valence-electron chi connectivity index (χ0n) is 16.2. The van der Waals surface area contributed by atoms with E-state index in [4.69, 9.17) is 0 Å². The van der Waals surface area contributed by atoms with Crippen molar-refractivity contribution in [2.75, 3.05) is 5.32 Å². The lowest BCUT2D eigenvalue weighted by atomic mass is 10.1. The summed E-state index contributed by atoms with van der Waals surface area (Å²) >= 11 is 1.63. The van der Waals surface area contributed by atoms with Gasteiger partial charge in [-0.05, 0) is 47.0 Å². The van der Waals surface area contributed by atoms with Crippen molar-refractivity contribution in [1.29, 1.82) is 0 Å². The minimum absolute atomic E-state index is 0.268. The van der Waals surface area contributed by atoms with Gasteiger partial charge in [0.1, 0.15) is 0 Å². The average molecular weight is 410 g/mol. The maximum Gasteiger partial charge on any atom is 0.333 e. The van der Waals surface area contributed by atoms with Gasteiger partial charge in [-0.3, -0.25) is 18.7 Å². The number of nitrogens with one attached hydrogen (secondary N) is 2. The summed E-state index contributed by atoms with van der Waals surface area (Å²) < 4.78 is 3.92. The van der Waals surface area contributed by atoms with Gasteiger partial charge in [0.15, 0.2) is 6.04 Å². The van der Waals surface area contributed by atoms with Crippen LogP contribution in [0.25, 0.3) is 22.3 Å². The number of aryl methyl sites for hydroxylation is 1. The van der Waals surface area contributed by atoms with Gasteiger partial charge >= 0.3 is 11.2 Å². The minimum atomic E-state index is -0.662. The molecule has 1 unspecified atom stereocenters. The number of thiophene rings is 1. The maximum atomic E-state index is 12.8. The van der Waals surface area contributed by atoms with Crippen molar-refractivity contribution in [2.45, 2.75) is 13.0 Å². The zero-order valence-corrected chi connectivity index (χ0v) is 17.0. The highest BCUT2D eigenvalue weighted by atomic mass is 32.1. The number of carbonyl (C=O) groups excluding carboxylic acids is 1. The first-order valence-electron chi connectivity index (χ1n) is 9.00. The molecule has 1 amide bonds. The molecular weight excluding hydrogens is 390 g/mol. The van der Waals surface area contributed by atoms with E-state index in [9.17, 15) is 14.4 Å². The smallest absolute Gasteiger partial charge is 0.322 e. The van der Waals surface area contributed by atoms with Crippen molar-refractivity contribution >= 4 is 34.1 Å². The molecule has 0 aliphatic heterocycles. The number of hydrogen-bond donors (Lipinski definition) is 2. The van der Waals surface area contributed by atoms with E-state index in [0.29, 0.717) is 11.3 Å². The molecule has 0 aliphatic carbocycles. The van der Waals surface area contributed by atoms with Gasteiger partial charge in [-0.2, -0.15) is 11.3 Å². The number of H-pyrrole nitrogens is 1. The lowest BCUT2D eigenvalue weighted by Gasteiger charge is -2.11. The van der Waals surface area contributed by atoms with E-state index < -0.39 is 17.3 Å². The Balaban J connectivity index is 1.62. The van der Waals surface area contributed by atoms with Crippen LogP contribution in [0.4, 0.5) is 5.69 Å². The Morgan fingerprint density at radius 2 is 1.83 bits per heavy atom. The standard InChI is InChI=1S/C20H19N5O3S/c1-12(25-11-21-17-16(25)19(27)24(3)20(28)23(17)2)18(26)22-15-6-4-13(5-7-15)14-8-9-29-10-14/h4-12H,1-3H3,(H,22,26)/p+1. The molecule has 0 saturated carbocycles. The summed E-state index contributed by atoms with van der Waals surface area (Å²) in [5.41, 5.74) is 2.64. The van der Waals surface area contributed by atoms with Crippen LogP contribution in [-0.4, -0.2) is 20.0 Å². The number of anilines is 1. The lowest BCUT2D eigenvalue weighted by Crippen LogP contribution is -2.48. The summed E-state index contributed by atoms with van der Waals surface area (Å²) in [5.74, 6) is -0.268. The molecule has 4 rings (SSSR count). The summed E-state index contributed by atoms with van der Waals surface area (Å²) in [4.78, 5) is 40.4. The van der Waals surface area contributed by atoms with E-state index in [0.717, 1.165) is 15.7 Å². The first-order chi connectivity index (χ1) is 13.9. The fraction of sp³-hybridized carbons (Fsp3) is 0.200. The lowest BCUT2D eigenvalue weighted by molar-refractivity contribution is -0.680. The summed E-state index contributed by atoms with van der Waals surface area (Å²) in [5, 5.41) is 6.96. The Kier molecular flexibility index (Phi) is 4.67. The van der Waals surface area contributed by atoms with Gasteiger partial charge in [0.25, 0.3) is 17.1 Å². The van der Waals surface area contributed by atoms with Gasteiger partial charge in [-0.15, -0.1) is 0 Å². The first-order valence-corrected chi connectivity index (χ1v) is 9.94. The third-order valence-electron chi connectivity index (χ3n) is 5.04. The second kappa shape index (κ2) is 7.17.